The number of halogens is 1. The molecule has 1 amide bonds. The maximum Gasteiger partial charge on any atom is 0.293 e. The number of amides is 1. The number of hydrazone groups is 1. The third-order valence-electron chi connectivity index (χ3n) is 3.41. The van der Waals surface area contributed by atoms with Crippen LogP contribution in [0.3, 0.4) is 0 Å². The summed E-state index contributed by atoms with van der Waals surface area (Å²) in [5.74, 6) is -0.704. The first-order chi connectivity index (χ1) is 12.6. The number of carbonyl (C=O) groups excluding carboxylic acids is 1. The molecule has 3 N–H and O–H groups in total. The van der Waals surface area contributed by atoms with Crippen LogP contribution in [0.2, 0.25) is 0 Å². The van der Waals surface area contributed by atoms with Crippen molar-refractivity contribution in [2.45, 2.75) is 19.8 Å². The Bertz CT molecular complexity index is 932. The molecule has 0 bridgehead atoms. The van der Waals surface area contributed by atoms with Crippen molar-refractivity contribution in [3.8, 4) is 5.82 Å². The van der Waals surface area contributed by atoms with E-state index in [-0.39, 0.29) is 23.1 Å². The van der Waals surface area contributed by atoms with Crippen LogP contribution in [0.4, 0.5) is 10.2 Å². The Morgan fingerprint density at radius 3 is 2.81 bits per heavy atom. The number of hydrogen-bond donors (Lipinski definition) is 2. The van der Waals surface area contributed by atoms with Gasteiger partial charge in [0.2, 0.25) is 11.6 Å². The summed E-state index contributed by atoms with van der Waals surface area (Å²) in [6, 6.07) is 5.66. The van der Waals surface area contributed by atoms with Crippen LogP contribution in [-0.2, 0) is 6.42 Å². The minimum atomic E-state index is -0.548. The fourth-order valence-electron chi connectivity index (χ4n) is 2.21. The molecule has 26 heavy (non-hydrogen) atoms. The van der Waals surface area contributed by atoms with Crippen LogP contribution in [-0.4, -0.2) is 37.4 Å². The van der Waals surface area contributed by atoms with Crippen molar-refractivity contribution in [3.63, 3.8) is 0 Å². The zero-order valence-electron chi connectivity index (χ0n) is 13.8. The molecule has 2 aromatic heterocycles. The topological polar surface area (TPSA) is 137 Å². The van der Waals surface area contributed by atoms with Gasteiger partial charge in [0, 0.05) is 0 Å². The van der Waals surface area contributed by atoms with Gasteiger partial charge < -0.3 is 5.73 Å². The molecule has 3 aromatic rings. The molecule has 1 aromatic carbocycles. The van der Waals surface area contributed by atoms with Crippen LogP contribution in [0.5, 0.6) is 0 Å². The van der Waals surface area contributed by atoms with E-state index >= 15 is 0 Å². The van der Waals surface area contributed by atoms with Gasteiger partial charge in [-0.3, -0.25) is 4.79 Å². The summed E-state index contributed by atoms with van der Waals surface area (Å²) >= 11 is 0. The summed E-state index contributed by atoms with van der Waals surface area (Å²) in [5.41, 5.74) is 9.26. The van der Waals surface area contributed by atoms with E-state index in [1.807, 2.05) is 6.92 Å². The molecule has 10 nitrogen and oxygen atoms in total. The van der Waals surface area contributed by atoms with E-state index in [0.29, 0.717) is 17.7 Å². The Kier molecular flexibility index (Phi) is 4.97. The highest BCUT2D eigenvalue weighted by molar-refractivity contribution is 5.94. The lowest BCUT2D eigenvalue weighted by Gasteiger charge is -2.03. The van der Waals surface area contributed by atoms with Gasteiger partial charge in [0.1, 0.15) is 5.82 Å². The molecule has 0 spiro atoms. The first-order valence-corrected chi connectivity index (χ1v) is 7.72. The van der Waals surface area contributed by atoms with Gasteiger partial charge in [0.15, 0.2) is 5.69 Å². The number of anilines is 1. The molecule has 0 atom stereocenters. The Morgan fingerprint density at radius 2 is 2.15 bits per heavy atom. The van der Waals surface area contributed by atoms with Crippen LogP contribution in [0.25, 0.3) is 5.82 Å². The summed E-state index contributed by atoms with van der Waals surface area (Å²) in [7, 11) is 0. The van der Waals surface area contributed by atoms with Crippen molar-refractivity contribution in [3.05, 3.63) is 47.0 Å². The third-order valence-corrected chi connectivity index (χ3v) is 3.41. The van der Waals surface area contributed by atoms with Gasteiger partial charge in [0.25, 0.3) is 5.91 Å². The van der Waals surface area contributed by atoms with Crippen molar-refractivity contribution in [2.24, 2.45) is 5.10 Å². The van der Waals surface area contributed by atoms with Crippen LogP contribution >= 0.6 is 0 Å². The lowest BCUT2D eigenvalue weighted by Crippen LogP contribution is -2.20. The molecule has 3 rings (SSSR count). The molecule has 0 saturated heterocycles. The van der Waals surface area contributed by atoms with Gasteiger partial charge in [-0.25, -0.2) is 14.4 Å². The first-order valence-electron chi connectivity index (χ1n) is 7.72. The number of carbonyl (C=O) groups is 1. The summed E-state index contributed by atoms with van der Waals surface area (Å²) in [4.78, 5) is 12.4. The van der Waals surface area contributed by atoms with Crippen LogP contribution in [0, 0.1) is 5.82 Å². The Balaban J connectivity index is 1.79. The molecule has 0 aliphatic rings. The summed E-state index contributed by atoms with van der Waals surface area (Å²) < 4.78 is 18.7. The second kappa shape index (κ2) is 7.51. The Labute approximate surface area is 146 Å². The Morgan fingerprint density at radius 1 is 1.38 bits per heavy atom. The van der Waals surface area contributed by atoms with Gasteiger partial charge in [-0.05, 0) is 34.4 Å². The lowest BCUT2D eigenvalue weighted by atomic mass is 10.2. The number of nitrogens with zero attached hydrogens (tertiary/aromatic N) is 6. The van der Waals surface area contributed by atoms with Crippen molar-refractivity contribution < 1.29 is 13.8 Å². The standard InChI is InChI=1S/C15H15FN8O2/c1-2-3-11-12(19-23-24(11)14-13(17)21-26-22-14)15(25)20-18-8-9-4-6-10(16)7-5-9/h4-8H,2-3H2,1H3,(H2,17,21)(H,20,25). The van der Waals surface area contributed by atoms with Gasteiger partial charge in [0.05, 0.1) is 11.9 Å². The maximum atomic E-state index is 12.9. The van der Waals surface area contributed by atoms with E-state index in [1.54, 1.807) is 0 Å². The largest absolute Gasteiger partial charge is 0.378 e. The fraction of sp³-hybridized carbons (Fsp3) is 0.200. The maximum absolute atomic E-state index is 12.9. The zero-order valence-corrected chi connectivity index (χ0v) is 13.8. The second-order valence-electron chi connectivity index (χ2n) is 5.27. The summed E-state index contributed by atoms with van der Waals surface area (Å²) in [5, 5.41) is 18.8. The number of rotatable bonds is 6. The molecule has 0 unspecified atom stereocenters. The minimum Gasteiger partial charge on any atom is -0.378 e. The normalized spacial score (nSPS) is 11.2. The second-order valence-corrected chi connectivity index (χ2v) is 5.27. The minimum absolute atomic E-state index is 0.0357. The number of aromatic nitrogens is 5. The predicted molar refractivity (Wildman–Crippen MR) is 89.1 cm³/mol. The highest BCUT2D eigenvalue weighted by Crippen LogP contribution is 2.17. The predicted octanol–water partition coefficient (Wildman–Crippen LogP) is 1.09. The molecule has 0 aliphatic heterocycles. The number of benzene rings is 1. The number of hydrogen-bond acceptors (Lipinski definition) is 8. The number of nitrogens with two attached hydrogens (primary N) is 1. The van der Waals surface area contributed by atoms with Gasteiger partial charge in [-0.1, -0.05) is 30.7 Å². The zero-order chi connectivity index (χ0) is 18.5. The molecule has 11 heteroatoms. The van der Waals surface area contributed by atoms with E-state index in [9.17, 15) is 9.18 Å². The van der Waals surface area contributed by atoms with Gasteiger partial charge >= 0.3 is 0 Å². The highest BCUT2D eigenvalue weighted by atomic mass is 19.1. The van der Waals surface area contributed by atoms with Gasteiger partial charge in [-0.2, -0.15) is 9.78 Å². The van der Waals surface area contributed by atoms with E-state index in [0.717, 1.165) is 6.42 Å². The monoisotopic (exact) mass is 358 g/mol. The number of nitrogens with one attached hydrogen (secondary N) is 1. The average molecular weight is 358 g/mol. The average Bonchev–Trinajstić information content (AvgIpc) is 3.23. The molecule has 0 radical (unpaired) electrons. The summed E-state index contributed by atoms with van der Waals surface area (Å²) in [6.45, 7) is 1.94. The molecular weight excluding hydrogens is 343 g/mol. The molecule has 0 fully saturated rings. The van der Waals surface area contributed by atoms with Crippen molar-refractivity contribution in [1.29, 1.82) is 0 Å². The smallest absolute Gasteiger partial charge is 0.293 e. The van der Waals surface area contributed by atoms with Crippen LogP contribution < -0.4 is 11.2 Å². The van der Waals surface area contributed by atoms with Gasteiger partial charge in [-0.15, -0.1) is 5.10 Å². The summed E-state index contributed by atoms with van der Waals surface area (Å²) in [6.07, 6.45) is 2.63. The van der Waals surface area contributed by atoms with Crippen LogP contribution in [0.1, 0.15) is 35.1 Å². The van der Waals surface area contributed by atoms with E-state index < -0.39 is 5.91 Å². The van der Waals surface area contributed by atoms with Crippen molar-refractivity contribution in [2.75, 3.05) is 5.73 Å². The van der Waals surface area contributed by atoms with Crippen molar-refractivity contribution >= 4 is 17.9 Å². The SMILES string of the molecule is CCCc1c(C(=O)NN=Cc2ccc(F)cc2)nnn1-c1nonc1N. The van der Waals surface area contributed by atoms with Crippen molar-refractivity contribution in [1.82, 2.24) is 30.7 Å². The highest BCUT2D eigenvalue weighted by Gasteiger charge is 2.23. The molecular formula is C15H15FN8O2. The fourth-order valence-corrected chi connectivity index (χ4v) is 2.21. The van der Waals surface area contributed by atoms with Crippen LogP contribution in [0.15, 0.2) is 34.0 Å². The van der Waals surface area contributed by atoms with E-state index in [1.165, 1.54) is 35.2 Å². The van der Waals surface area contributed by atoms with E-state index in [4.69, 9.17) is 5.73 Å². The molecule has 0 aliphatic carbocycles. The molecule has 0 saturated carbocycles. The third kappa shape index (κ3) is 3.55. The molecule has 2 heterocycles. The first kappa shape index (κ1) is 17.2. The lowest BCUT2D eigenvalue weighted by molar-refractivity contribution is 0.0949. The Hall–Kier alpha value is -3.63. The van der Waals surface area contributed by atoms with E-state index in [2.05, 4.69) is 35.8 Å². The number of nitrogen functional groups attached to an aromatic ring is 1. The molecule has 134 valence electrons. The quantitative estimate of drug-likeness (QED) is 0.497.